The van der Waals surface area contributed by atoms with E-state index in [1.807, 2.05) is 0 Å². The lowest BCUT2D eigenvalue weighted by atomic mass is 10.1. The van der Waals surface area contributed by atoms with E-state index in [1.165, 1.54) is 60.7 Å². The van der Waals surface area contributed by atoms with E-state index in [1.54, 1.807) is 10.6 Å². The van der Waals surface area contributed by atoms with Gasteiger partial charge in [0, 0.05) is 20.3 Å². The number of hydrogen-bond acceptors (Lipinski definition) is 6. The third-order valence-corrected chi connectivity index (χ3v) is 7.77. The summed E-state index contributed by atoms with van der Waals surface area (Å²) < 4.78 is 66.9. The molecule has 1 fully saturated rings. The van der Waals surface area contributed by atoms with E-state index in [4.69, 9.17) is 9.47 Å². The van der Waals surface area contributed by atoms with Gasteiger partial charge in [-0.1, -0.05) is 24.3 Å². The van der Waals surface area contributed by atoms with Crippen molar-refractivity contribution in [3.05, 3.63) is 83.2 Å². The first-order valence-electron chi connectivity index (χ1n) is 11.9. The van der Waals surface area contributed by atoms with Gasteiger partial charge in [0.15, 0.2) is 0 Å². The van der Waals surface area contributed by atoms with Crippen molar-refractivity contribution in [1.29, 1.82) is 0 Å². The Morgan fingerprint density at radius 1 is 1.19 bits per heavy atom. The maximum atomic E-state index is 14.4. The largest absolute Gasteiger partial charge is 0.383 e. The van der Waals surface area contributed by atoms with Crippen molar-refractivity contribution < 1.29 is 31.5 Å². The van der Waals surface area contributed by atoms with Gasteiger partial charge < -0.3 is 18.9 Å². The van der Waals surface area contributed by atoms with Crippen LogP contribution in [0, 0.1) is 11.6 Å². The molecule has 1 unspecified atom stereocenters. The maximum absolute atomic E-state index is 14.4. The first kappa shape index (κ1) is 26.9. The smallest absolute Gasteiger partial charge is 0.257 e. The van der Waals surface area contributed by atoms with Crippen LogP contribution in [0.2, 0.25) is 0 Å². The van der Waals surface area contributed by atoms with Crippen molar-refractivity contribution in [2.24, 2.45) is 0 Å². The van der Waals surface area contributed by atoms with Crippen LogP contribution >= 0.6 is 0 Å². The lowest BCUT2D eigenvalue weighted by Gasteiger charge is -2.24. The van der Waals surface area contributed by atoms with Crippen molar-refractivity contribution in [1.82, 2.24) is 14.5 Å². The molecule has 3 aromatic rings. The number of halogens is 2. The number of ether oxygens (including phenoxy) is 2. The van der Waals surface area contributed by atoms with Gasteiger partial charge in [-0.3, -0.25) is 4.79 Å². The normalized spacial score (nSPS) is 15.7. The molecule has 1 atom stereocenters. The van der Waals surface area contributed by atoms with E-state index in [0.29, 0.717) is 17.9 Å². The Morgan fingerprint density at radius 2 is 1.95 bits per heavy atom. The minimum Gasteiger partial charge on any atom is -0.383 e. The summed E-state index contributed by atoms with van der Waals surface area (Å²) in [5, 5.41) is -0.160. The molecular formula is C26H29F2N3O5S. The summed E-state index contributed by atoms with van der Waals surface area (Å²) in [4.78, 5) is 18.9. The van der Waals surface area contributed by atoms with Gasteiger partial charge in [-0.15, -0.1) is 0 Å². The van der Waals surface area contributed by atoms with E-state index in [2.05, 4.69) is 4.98 Å². The molecule has 0 spiro atoms. The maximum Gasteiger partial charge on any atom is 0.257 e. The number of imidazole rings is 1. The third-order valence-electron chi connectivity index (χ3n) is 6.17. The molecule has 37 heavy (non-hydrogen) atoms. The topological polar surface area (TPSA) is 90.7 Å². The van der Waals surface area contributed by atoms with Gasteiger partial charge >= 0.3 is 0 Å². The van der Waals surface area contributed by atoms with Crippen LogP contribution in [0.1, 0.15) is 34.5 Å². The lowest BCUT2D eigenvalue weighted by molar-refractivity contribution is 0.0664. The Hall–Kier alpha value is -3.15. The van der Waals surface area contributed by atoms with Crippen molar-refractivity contribution in [2.75, 3.05) is 26.9 Å². The summed E-state index contributed by atoms with van der Waals surface area (Å²) in [5.41, 5.74) is 0.799. The zero-order valence-corrected chi connectivity index (χ0v) is 21.3. The quantitative estimate of drug-likeness (QED) is 0.374. The number of nitrogens with zero attached hydrogens (tertiary/aromatic N) is 3. The molecule has 1 saturated heterocycles. The highest BCUT2D eigenvalue weighted by Gasteiger charge is 2.29. The van der Waals surface area contributed by atoms with Crippen LogP contribution in [0.5, 0.6) is 0 Å². The van der Waals surface area contributed by atoms with Crippen molar-refractivity contribution >= 4 is 15.7 Å². The molecule has 4 rings (SSSR count). The molecular weight excluding hydrogens is 504 g/mol. The molecule has 1 aromatic heterocycles. The summed E-state index contributed by atoms with van der Waals surface area (Å²) in [7, 11) is -2.43. The Morgan fingerprint density at radius 3 is 2.62 bits per heavy atom. The van der Waals surface area contributed by atoms with Gasteiger partial charge in [-0.2, -0.15) is 0 Å². The van der Waals surface area contributed by atoms with E-state index < -0.39 is 27.4 Å². The van der Waals surface area contributed by atoms with Crippen LogP contribution in [-0.2, 0) is 38.2 Å². The highest BCUT2D eigenvalue weighted by atomic mass is 32.2. The molecule has 2 heterocycles. The van der Waals surface area contributed by atoms with E-state index >= 15 is 0 Å². The van der Waals surface area contributed by atoms with Crippen LogP contribution in [-0.4, -0.2) is 61.7 Å². The molecule has 0 aliphatic carbocycles. The first-order chi connectivity index (χ1) is 17.8. The number of carbonyl (C=O) groups excluding carboxylic acids is 1. The molecule has 11 heteroatoms. The molecule has 1 amide bonds. The average Bonchev–Trinajstić information content (AvgIpc) is 3.54. The number of benzene rings is 2. The zero-order chi connectivity index (χ0) is 26.4. The highest BCUT2D eigenvalue weighted by Crippen LogP contribution is 2.23. The summed E-state index contributed by atoms with van der Waals surface area (Å²) in [6.07, 6.45) is 2.83. The van der Waals surface area contributed by atoms with Gasteiger partial charge in [0.1, 0.15) is 11.6 Å². The number of methoxy groups -OCH3 is 1. The minimum absolute atomic E-state index is 0.0116. The fourth-order valence-corrected chi connectivity index (χ4v) is 5.77. The predicted octanol–water partition coefficient (Wildman–Crippen LogP) is 3.60. The van der Waals surface area contributed by atoms with E-state index in [-0.39, 0.29) is 48.8 Å². The van der Waals surface area contributed by atoms with Crippen LogP contribution in [0.4, 0.5) is 8.78 Å². The standard InChI is InChI=1S/C26H29F2N3O5S/c1-35-14-12-30(25(32)23-6-2-3-7-24(23)28)16-21-15-29-26(31(21)17-22-5-4-13-36-22)37(33,34)18-19-8-10-20(27)11-9-19/h2-3,6-11,15,22H,4-5,12-14,16-18H2,1H3. The van der Waals surface area contributed by atoms with Crippen molar-refractivity contribution in [3.63, 3.8) is 0 Å². The molecule has 1 aliphatic rings. The van der Waals surface area contributed by atoms with E-state index in [9.17, 15) is 22.0 Å². The van der Waals surface area contributed by atoms with Gasteiger partial charge in [0.2, 0.25) is 15.0 Å². The van der Waals surface area contributed by atoms with Gasteiger partial charge in [-0.25, -0.2) is 22.2 Å². The van der Waals surface area contributed by atoms with E-state index in [0.717, 1.165) is 12.8 Å². The highest BCUT2D eigenvalue weighted by molar-refractivity contribution is 7.90. The zero-order valence-electron chi connectivity index (χ0n) is 20.5. The van der Waals surface area contributed by atoms with Gasteiger partial charge in [0.05, 0.1) is 49.0 Å². The summed E-state index contributed by atoms with van der Waals surface area (Å²) in [5.74, 6) is -2.02. The van der Waals surface area contributed by atoms with Crippen molar-refractivity contribution in [3.8, 4) is 0 Å². The number of sulfone groups is 1. The monoisotopic (exact) mass is 533 g/mol. The van der Waals surface area contributed by atoms with Crippen molar-refractivity contribution in [2.45, 2.75) is 42.9 Å². The second-order valence-electron chi connectivity index (χ2n) is 8.86. The van der Waals surface area contributed by atoms with Crippen LogP contribution in [0.25, 0.3) is 0 Å². The molecule has 0 saturated carbocycles. The Kier molecular flexibility index (Phi) is 8.67. The molecule has 0 bridgehead atoms. The Balaban J connectivity index is 1.67. The van der Waals surface area contributed by atoms with Crippen LogP contribution in [0.3, 0.4) is 0 Å². The molecule has 2 aromatic carbocycles. The second kappa shape index (κ2) is 11.9. The summed E-state index contributed by atoms with van der Waals surface area (Å²) in [6, 6.07) is 10.9. The Bertz CT molecular complexity index is 1320. The minimum atomic E-state index is -3.92. The molecule has 198 valence electrons. The number of aromatic nitrogens is 2. The number of amides is 1. The van der Waals surface area contributed by atoms with Crippen LogP contribution in [0.15, 0.2) is 59.9 Å². The fraction of sp³-hybridized carbons (Fsp3) is 0.385. The number of carbonyl (C=O) groups is 1. The average molecular weight is 534 g/mol. The van der Waals surface area contributed by atoms with Crippen LogP contribution < -0.4 is 0 Å². The SMILES string of the molecule is COCCN(Cc1cnc(S(=O)(=O)Cc2ccc(F)cc2)n1CC1CCCO1)C(=O)c1ccccc1F. The molecule has 1 aliphatic heterocycles. The number of hydrogen-bond donors (Lipinski definition) is 0. The molecule has 0 radical (unpaired) electrons. The fourth-order valence-electron chi connectivity index (χ4n) is 4.27. The molecule has 8 nitrogen and oxygen atoms in total. The summed E-state index contributed by atoms with van der Waals surface area (Å²) >= 11 is 0. The predicted molar refractivity (Wildman–Crippen MR) is 132 cm³/mol. The third kappa shape index (κ3) is 6.60. The number of rotatable bonds is 11. The van der Waals surface area contributed by atoms with Gasteiger partial charge in [0.25, 0.3) is 5.91 Å². The second-order valence-corrected chi connectivity index (χ2v) is 10.7. The first-order valence-corrected chi connectivity index (χ1v) is 13.6. The lowest BCUT2D eigenvalue weighted by Crippen LogP contribution is -2.35. The Labute approximate surface area is 214 Å². The molecule has 0 N–H and O–H groups in total. The van der Waals surface area contributed by atoms with Gasteiger partial charge in [-0.05, 0) is 42.7 Å². The summed E-state index contributed by atoms with van der Waals surface area (Å²) in [6.45, 7) is 1.17.